The molecule has 0 aliphatic carbocycles. The molecule has 1 aliphatic rings. The summed E-state index contributed by atoms with van der Waals surface area (Å²) in [5.41, 5.74) is 8.36. The van der Waals surface area contributed by atoms with Gasteiger partial charge in [-0.25, -0.2) is 0 Å². The maximum absolute atomic E-state index is 5.61. The number of rotatable bonds is 4. The molecule has 0 spiro atoms. The second-order valence-electron chi connectivity index (χ2n) is 4.93. The summed E-state index contributed by atoms with van der Waals surface area (Å²) in [5.74, 6) is 0. The second kappa shape index (κ2) is 6.15. The van der Waals surface area contributed by atoms with E-state index in [2.05, 4.69) is 41.4 Å². The third-order valence-corrected chi connectivity index (χ3v) is 3.39. The van der Waals surface area contributed by atoms with Gasteiger partial charge in [0, 0.05) is 38.8 Å². The maximum Gasteiger partial charge on any atom is 0.0235 e. The first-order chi connectivity index (χ1) is 8.28. The average Bonchev–Trinajstić information content (AvgIpc) is 2.33. The fourth-order valence-corrected chi connectivity index (χ4v) is 2.43. The molecule has 0 saturated carbocycles. The van der Waals surface area contributed by atoms with Crippen molar-refractivity contribution in [2.75, 3.05) is 32.7 Å². The molecule has 1 aromatic carbocycles. The molecule has 1 atom stereocenters. The highest BCUT2D eigenvalue weighted by Crippen LogP contribution is 2.09. The van der Waals surface area contributed by atoms with E-state index in [1.165, 1.54) is 11.1 Å². The topological polar surface area (TPSA) is 41.3 Å². The SMILES string of the molecule is Cc1ccc(CC2CN(CCN)CCN2)cc1. The van der Waals surface area contributed by atoms with Crippen LogP contribution in [0.25, 0.3) is 0 Å². The van der Waals surface area contributed by atoms with Crippen LogP contribution in [0.5, 0.6) is 0 Å². The van der Waals surface area contributed by atoms with Gasteiger partial charge in [0.05, 0.1) is 0 Å². The Labute approximate surface area is 104 Å². The highest BCUT2D eigenvalue weighted by atomic mass is 15.2. The van der Waals surface area contributed by atoms with Crippen LogP contribution in [0.3, 0.4) is 0 Å². The fraction of sp³-hybridized carbons (Fsp3) is 0.571. The molecule has 0 amide bonds. The van der Waals surface area contributed by atoms with Crippen LogP contribution in [0.15, 0.2) is 24.3 Å². The van der Waals surface area contributed by atoms with Gasteiger partial charge < -0.3 is 11.1 Å². The molecule has 1 unspecified atom stereocenters. The molecule has 3 N–H and O–H groups in total. The molecule has 3 heteroatoms. The summed E-state index contributed by atoms with van der Waals surface area (Å²) in [6.45, 7) is 7.23. The van der Waals surface area contributed by atoms with E-state index in [1.807, 2.05) is 0 Å². The first kappa shape index (κ1) is 12.6. The van der Waals surface area contributed by atoms with Crippen molar-refractivity contribution >= 4 is 0 Å². The molecule has 0 aromatic heterocycles. The third kappa shape index (κ3) is 3.80. The molecule has 1 aliphatic heterocycles. The normalized spacial score (nSPS) is 21.6. The third-order valence-electron chi connectivity index (χ3n) is 3.39. The molecule has 1 fully saturated rings. The van der Waals surface area contributed by atoms with Crippen LogP contribution in [0.1, 0.15) is 11.1 Å². The van der Waals surface area contributed by atoms with Crippen molar-refractivity contribution in [2.45, 2.75) is 19.4 Å². The summed E-state index contributed by atoms with van der Waals surface area (Å²) in [5, 5.41) is 3.59. The monoisotopic (exact) mass is 233 g/mol. The highest BCUT2D eigenvalue weighted by Gasteiger charge is 2.18. The molecule has 1 saturated heterocycles. The zero-order valence-electron chi connectivity index (χ0n) is 10.7. The Hall–Kier alpha value is -0.900. The van der Waals surface area contributed by atoms with Gasteiger partial charge in [0.1, 0.15) is 0 Å². The summed E-state index contributed by atoms with van der Waals surface area (Å²) in [6, 6.07) is 9.42. The lowest BCUT2D eigenvalue weighted by atomic mass is 10.0. The predicted molar refractivity (Wildman–Crippen MR) is 72.2 cm³/mol. The van der Waals surface area contributed by atoms with Gasteiger partial charge >= 0.3 is 0 Å². The Bertz CT molecular complexity index is 332. The van der Waals surface area contributed by atoms with E-state index >= 15 is 0 Å². The maximum atomic E-state index is 5.61. The zero-order valence-corrected chi connectivity index (χ0v) is 10.7. The number of nitrogens with one attached hydrogen (secondary N) is 1. The van der Waals surface area contributed by atoms with Gasteiger partial charge in [-0.2, -0.15) is 0 Å². The quantitative estimate of drug-likeness (QED) is 0.807. The van der Waals surface area contributed by atoms with Crippen molar-refractivity contribution in [2.24, 2.45) is 5.73 Å². The summed E-state index contributed by atoms with van der Waals surface area (Å²) in [6.07, 6.45) is 1.11. The lowest BCUT2D eigenvalue weighted by Gasteiger charge is -2.33. The van der Waals surface area contributed by atoms with Gasteiger partial charge in [-0.15, -0.1) is 0 Å². The van der Waals surface area contributed by atoms with Gasteiger partial charge in [-0.1, -0.05) is 29.8 Å². The molecule has 1 aromatic rings. The predicted octanol–water partition coefficient (Wildman–Crippen LogP) is 0.770. The van der Waals surface area contributed by atoms with Crippen LogP contribution >= 0.6 is 0 Å². The van der Waals surface area contributed by atoms with E-state index in [-0.39, 0.29) is 0 Å². The fourth-order valence-electron chi connectivity index (χ4n) is 2.43. The number of nitrogens with two attached hydrogens (primary N) is 1. The van der Waals surface area contributed by atoms with Crippen molar-refractivity contribution in [1.29, 1.82) is 0 Å². The van der Waals surface area contributed by atoms with Gasteiger partial charge in [-0.05, 0) is 18.9 Å². The summed E-state index contributed by atoms with van der Waals surface area (Å²) < 4.78 is 0. The van der Waals surface area contributed by atoms with Crippen LogP contribution in [0, 0.1) is 6.92 Å². The molecule has 2 rings (SSSR count). The molecule has 0 radical (unpaired) electrons. The van der Waals surface area contributed by atoms with Gasteiger partial charge in [0.25, 0.3) is 0 Å². The summed E-state index contributed by atoms with van der Waals surface area (Å²) in [4.78, 5) is 2.45. The van der Waals surface area contributed by atoms with Crippen molar-refractivity contribution in [3.63, 3.8) is 0 Å². The Morgan fingerprint density at radius 3 is 2.82 bits per heavy atom. The summed E-state index contributed by atoms with van der Waals surface area (Å²) >= 11 is 0. The standard InChI is InChI=1S/C14H23N3/c1-12-2-4-13(5-3-12)10-14-11-17(8-6-15)9-7-16-14/h2-5,14,16H,6-11,15H2,1H3. The number of aryl methyl sites for hydroxylation is 1. The van der Waals surface area contributed by atoms with Crippen molar-refractivity contribution in [1.82, 2.24) is 10.2 Å². The lowest BCUT2D eigenvalue weighted by molar-refractivity contribution is 0.204. The van der Waals surface area contributed by atoms with Crippen molar-refractivity contribution < 1.29 is 0 Å². The Morgan fingerprint density at radius 2 is 2.12 bits per heavy atom. The van der Waals surface area contributed by atoms with Crippen LogP contribution < -0.4 is 11.1 Å². The smallest absolute Gasteiger partial charge is 0.0235 e. The molecule has 94 valence electrons. The minimum Gasteiger partial charge on any atom is -0.329 e. The molecule has 3 nitrogen and oxygen atoms in total. The van der Waals surface area contributed by atoms with Crippen LogP contribution in [-0.2, 0) is 6.42 Å². The van der Waals surface area contributed by atoms with E-state index in [1.54, 1.807) is 0 Å². The van der Waals surface area contributed by atoms with Crippen molar-refractivity contribution in [3.8, 4) is 0 Å². The average molecular weight is 233 g/mol. The molecule has 17 heavy (non-hydrogen) atoms. The second-order valence-corrected chi connectivity index (χ2v) is 4.93. The largest absolute Gasteiger partial charge is 0.329 e. The van der Waals surface area contributed by atoms with Gasteiger partial charge in [0.2, 0.25) is 0 Å². The zero-order chi connectivity index (χ0) is 12.1. The Balaban J connectivity index is 1.87. The Morgan fingerprint density at radius 1 is 1.35 bits per heavy atom. The van der Waals surface area contributed by atoms with E-state index in [0.29, 0.717) is 6.04 Å². The van der Waals surface area contributed by atoms with Crippen LogP contribution in [-0.4, -0.2) is 43.7 Å². The minimum absolute atomic E-state index is 0.568. The minimum atomic E-state index is 0.568. The van der Waals surface area contributed by atoms with E-state index < -0.39 is 0 Å². The molecular weight excluding hydrogens is 210 g/mol. The van der Waals surface area contributed by atoms with Gasteiger partial charge in [-0.3, -0.25) is 4.90 Å². The first-order valence-corrected chi connectivity index (χ1v) is 6.49. The van der Waals surface area contributed by atoms with Crippen LogP contribution in [0.2, 0.25) is 0 Å². The molecule has 1 heterocycles. The van der Waals surface area contributed by atoms with Gasteiger partial charge in [0.15, 0.2) is 0 Å². The van der Waals surface area contributed by atoms with E-state index in [9.17, 15) is 0 Å². The Kier molecular flexibility index (Phi) is 4.54. The number of hydrogen-bond donors (Lipinski definition) is 2. The number of nitrogens with zero attached hydrogens (tertiary/aromatic N) is 1. The number of piperazine rings is 1. The first-order valence-electron chi connectivity index (χ1n) is 6.49. The summed E-state index contributed by atoms with van der Waals surface area (Å²) in [7, 11) is 0. The van der Waals surface area contributed by atoms with E-state index in [4.69, 9.17) is 5.73 Å². The lowest BCUT2D eigenvalue weighted by Crippen LogP contribution is -2.52. The molecule has 0 bridgehead atoms. The number of benzene rings is 1. The highest BCUT2D eigenvalue weighted by molar-refractivity contribution is 5.22. The number of hydrogen-bond acceptors (Lipinski definition) is 3. The van der Waals surface area contributed by atoms with Crippen molar-refractivity contribution in [3.05, 3.63) is 35.4 Å². The molecular formula is C14H23N3. The van der Waals surface area contributed by atoms with E-state index in [0.717, 1.165) is 39.1 Å². The van der Waals surface area contributed by atoms with Crippen LogP contribution in [0.4, 0.5) is 0 Å².